The highest BCUT2D eigenvalue weighted by molar-refractivity contribution is 9.10. The number of nitrogens with one attached hydrogen (secondary N) is 1. The van der Waals surface area contributed by atoms with Crippen molar-refractivity contribution in [3.63, 3.8) is 0 Å². The van der Waals surface area contributed by atoms with Crippen LogP contribution in [0.3, 0.4) is 0 Å². The molecule has 5 nitrogen and oxygen atoms in total. The maximum atomic E-state index is 11.8. The second-order valence-corrected chi connectivity index (χ2v) is 4.74. The van der Waals surface area contributed by atoms with E-state index in [4.69, 9.17) is 4.74 Å². The fourth-order valence-electron chi connectivity index (χ4n) is 1.88. The number of hydrogen-bond acceptors (Lipinski definition) is 5. The molecule has 1 atom stereocenters. The van der Waals surface area contributed by atoms with E-state index in [-0.39, 0.29) is 12.2 Å². The smallest absolute Gasteiger partial charge is 0.336 e. The number of methoxy groups -OCH3 is 2. The van der Waals surface area contributed by atoms with Gasteiger partial charge in [0, 0.05) is 10.9 Å². The van der Waals surface area contributed by atoms with Gasteiger partial charge in [-0.2, -0.15) is 0 Å². The fourth-order valence-corrected chi connectivity index (χ4v) is 2.47. The maximum Gasteiger partial charge on any atom is 0.336 e. The van der Waals surface area contributed by atoms with Crippen LogP contribution in [0.2, 0.25) is 0 Å². The van der Waals surface area contributed by atoms with Gasteiger partial charge in [-0.3, -0.25) is 4.79 Å². The number of halogens is 1. The number of carbonyl (C=O) groups excluding carboxylic acids is 2. The summed E-state index contributed by atoms with van der Waals surface area (Å²) in [5.41, 5.74) is 1.53. The molecule has 0 spiro atoms. The van der Waals surface area contributed by atoms with E-state index in [0.29, 0.717) is 5.75 Å². The standard InChI is InChI=1S/C12H12BrNO4/c1-17-7-3-6-4-9(15)11(12(16)18-2)14-10(6)8(13)5-7/h3,5,11,14H,4H2,1-2H3. The van der Waals surface area contributed by atoms with Crippen molar-refractivity contribution < 1.29 is 19.1 Å². The third kappa shape index (κ3) is 2.20. The molecular formula is C12H12BrNO4. The molecule has 1 aliphatic heterocycles. The summed E-state index contributed by atoms with van der Waals surface area (Å²) in [4.78, 5) is 23.3. The lowest BCUT2D eigenvalue weighted by atomic mass is 9.96. The van der Waals surface area contributed by atoms with E-state index < -0.39 is 12.0 Å². The second-order valence-electron chi connectivity index (χ2n) is 3.89. The van der Waals surface area contributed by atoms with Gasteiger partial charge in [0.15, 0.2) is 11.8 Å². The molecule has 1 aromatic rings. The summed E-state index contributed by atoms with van der Waals surface area (Å²) in [6, 6.07) is 2.61. The van der Waals surface area contributed by atoms with Crippen LogP contribution in [0.25, 0.3) is 0 Å². The van der Waals surface area contributed by atoms with Crippen LogP contribution in [-0.2, 0) is 20.7 Å². The molecule has 0 aliphatic carbocycles. The zero-order chi connectivity index (χ0) is 13.3. The van der Waals surface area contributed by atoms with Gasteiger partial charge in [-0.25, -0.2) is 4.79 Å². The molecule has 0 radical (unpaired) electrons. The number of hydrogen-bond donors (Lipinski definition) is 1. The van der Waals surface area contributed by atoms with Gasteiger partial charge >= 0.3 is 5.97 Å². The molecule has 1 unspecified atom stereocenters. The highest BCUT2D eigenvalue weighted by Gasteiger charge is 2.33. The quantitative estimate of drug-likeness (QED) is 0.662. The van der Waals surface area contributed by atoms with Gasteiger partial charge in [0.1, 0.15) is 5.75 Å². The van der Waals surface area contributed by atoms with E-state index in [2.05, 4.69) is 26.0 Å². The highest BCUT2D eigenvalue weighted by Crippen LogP contribution is 2.35. The van der Waals surface area contributed by atoms with Crippen LogP contribution < -0.4 is 10.1 Å². The Morgan fingerprint density at radius 3 is 2.78 bits per heavy atom. The van der Waals surface area contributed by atoms with Crippen molar-refractivity contribution >= 4 is 33.4 Å². The summed E-state index contributed by atoms with van der Waals surface area (Å²) in [5, 5.41) is 2.89. The first-order chi connectivity index (χ1) is 8.56. The lowest BCUT2D eigenvalue weighted by Crippen LogP contribution is -2.42. The summed E-state index contributed by atoms with van der Waals surface area (Å²) in [6.07, 6.45) is 0.178. The molecule has 1 aromatic carbocycles. The zero-order valence-corrected chi connectivity index (χ0v) is 11.5. The number of Topliss-reactive ketones (excluding diaryl/α,β-unsaturated/α-hetero) is 1. The summed E-state index contributed by atoms with van der Waals surface area (Å²) in [7, 11) is 2.82. The second kappa shape index (κ2) is 4.97. The first kappa shape index (κ1) is 12.9. The van der Waals surface area contributed by atoms with E-state index in [0.717, 1.165) is 15.7 Å². The Morgan fingerprint density at radius 1 is 1.44 bits per heavy atom. The van der Waals surface area contributed by atoms with Gasteiger partial charge in [-0.05, 0) is 33.6 Å². The molecule has 0 saturated carbocycles. The first-order valence-electron chi connectivity index (χ1n) is 5.30. The van der Waals surface area contributed by atoms with Crippen LogP contribution >= 0.6 is 15.9 Å². The van der Waals surface area contributed by atoms with Gasteiger partial charge in [0.2, 0.25) is 0 Å². The Balaban J connectivity index is 2.40. The van der Waals surface area contributed by atoms with Crippen molar-refractivity contribution in [3.8, 4) is 5.75 Å². The maximum absolute atomic E-state index is 11.8. The predicted molar refractivity (Wildman–Crippen MR) is 68.8 cm³/mol. The Kier molecular flexibility index (Phi) is 3.56. The number of ether oxygens (including phenoxy) is 2. The number of ketones is 1. The third-order valence-electron chi connectivity index (χ3n) is 2.79. The molecule has 0 fully saturated rings. The van der Waals surface area contributed by atoms with Gasteiger partial charge < -0.3 is 14.8 Å². The van der Waals surface area contributed by atoms with E-state index in [1.165, 1.54) is 7.11 Å². The Morgan fingerprint density at radius 2 is 2.17 bits per heavy atom. The molecule has 6 heteroatoms. The molecule has 1 aliphatic rings. The topological polar surface area (TPSA) is 64.6 Å². The van der Waals surface area contributed by atoms with Crippen LogP contribution in [0, 0.1) is 0 Å². The summed E-state index contributed by atoms with van der Waals surface area (Å²) >= 11 is 3.39. The Labute approximate surface area is 113 Å². The fraction of sp³-hybridized carbons (Fsp3) is 0.333. The number of anilines is 1. The van der Waals surface area contributed by atoms with Crippen LogP contribution in [0.1, 0.15) is 5.56 Å². The van der Waals surface area contributed by atoms with Crippen LogP contribution in [-0.4, -0.2) is 32.0 Å². The monoisotopic (exact) mass is 313 g/mol. The van der Waals surface area contributed by atoms with E-state index in [9.17, 15) is 9.59 Å². The number of carbonyl (C=O) groups is 2. The predicted octanol–water partition coefficient (Wildman–Crippen LogP) is 1.54. The minimum atomic E-state index is -0.938. The summed E-state index contributed by atoms with van der Waals surface area (Å²) in [5.74, 6) is -0.130. The zero-order valence-electron chi connectivity index (χ0n) is 9.95. The first-order valence-corrected chi connectivity index (χ1v) is 6.09. The molecule has 0 bridgehead atoms. The Hall–Kier alpha value is -1.56. The SMILES string of the molecule is COC(=O)C1Nc2c(Br)cc(OC)cc2CC1=O. The van der Waals surface area contributed by atoms with Crippen LogP contribution in [0.4, 0.5) is 5.69 Å². The molecule has 18 heavy (non-hydrogen) atoms. The summed E-state index contributed by atoms with van der Waals surface area (Å²) < 4.78 is 10.5. The van der Waals surface area contributed by atoms with Crippen molar-refractivity contribution in [2.45, 2.75) is 12.5 Å². The van der Waals surface area contributed by atoms with Gasteiger partial charge in [-0.1, -0.05) is 0 Å². The largest absolute Gasteiger partial charge is 0.497 e. The van der Waals surface area contributed by atoms with E-state index >= 15 is 0 Å². The van der Waals surface area contributed by atoms with Crippen LogP contribution in [0.15, 0.2) is 16.6 Å². The number of rotatable bonds is 2. The van der Waals surface area contributed by atoms with Crippen LogP contribution in [0.5, 0.6) is 5.75 Å². The molecular weight excluding hydrogens is 302 g/mol. The van der Waals surface area contributed by atoms with Gasteiger partial charge in [-0.15, -0.1) is 0 Å². The molecule has 1 heterocycles. The van der Waals surface area contributed by atoms with Crippen molar-refractivity contribution in [2.24, 2.45) is 0 Å². The number of esters is 1. The normalized spacial score (nSPS) is 17.7. The average molecular weight is 314 g/mol. The molecule has 96 valence electrons. The third-order valence-corrected chi connectivity index (χ3v) is 3.42. The highest BCUT2D eigenvalue weighted by atomic mass is 79.9. The molecule has 0 saturated heterocycles. The average Bonchev–Trinajstić information content (AvgIpc) is 2.36. The minimum Gasteiger partial charge on any atom is -0.497 e. The van der Waals surface area contributed by atoms with Gasteiger partial charge in [0.05, 0.1) is 19.9 Å². The van der Waals surface area contributed by atoms with Crippen molar-refractivity contribution in [3.05, 3.63) is 22.2 Å². The lowest BCUT2D eigenvalue weighted by Gasteiger charge is -2.25. The molecule has 0 amide bonds. The van der Waals surface area contributed by atoms with E-state index in [1.54, 1.807) is 19.2 Å². The molecule has 0 aromatic heterocycles. The molecule has 1 N–H and O–H groups in total. The molecule has 2 rings (SSSR count). The number of benzene rings is 1. The minimum absolute atomic E-state index is 0.178. The van der Waals surface area contributed by atoms with Gasteiger partial charge in [0.25, 0.3) is 0 Å². The lowest BCUT2D eigenvalue weighted by molar-refractivity contribution is -0.144. The van der Waals surface area contributed by atoms with E-state index in [1.807, 2.05) is 0 Å². The Bertz CT molecular complexity index is 515. The number of fused-ring (bicyclic) bond motifs is 1. The van der Waals surface area contributed by atoms with Crippen molar-refractivity contribution in [1.29, 1.82) is 0 Å². The van der Waals surface area contributed by atoms with Crippen molar-refractivity contribution in [2.75, 3.05) is 19.5 Å². The summed E-state index contributed by atoms with van der Waals surface area (Å²) in [6.45, 7) is 0. The van der Waals surface area contributed by atoms with Crippen molar-refractivity contribution in [1.82, 2.24) is 0 Å².